The number of benzene rings is 1. The molecule has 0 saturated heterocycles. The number of halogens is 3. The molecule has 1 aromatic rings. The van der Waals surface area contributed by atoms with Crippen LogP contribution in [0.25, 0.3) is 0 Å². The fraction of sp³-hybridized carbons (Fsp3) is 0.667. The smallest absolute Gasteiger partial charge is 0.378 e. The zero-order valence-corrected chi connectivity index (χ0v) is 18.8. The van der Waals surface area contributed by atoms with Crippen molar-refractivity contribution >= 4 is 5.91 Å². The molecule has 0 aliphatic carbocycles. The highest BCUT2D eigenvalue weighted by Crippen LogP contribution is 2.52. The van der Waals surface area contributed by atoms with E-state index in [9.17, 15) is 18.0 Å². The van der Waals surface area contributed by atoms with Crippen molar-refractivity contribution in [3.05, 3.63) is 35.4 Å². The van der Waals surface area contributed by atoms with E-state index in [0.717, 1.165) is 0 Å². The van der Waals surface area contributed by atoms with Crippen LogP contribution in [0.4, 0.5) is 13.2 Å². The molecule has 2 rings (SSSR count). The Morgan fingerprint density at radius 1 is 0.794 bits per heavy atom. The zero-order chi connectivity index (χ0) is 24.7. The summed E-state index contributed by atoms with van der Waals surface area (Å²) in [5.74, 6) is -0.415. The summed E-state index contributed by atoms with van der Waals surface area (Å²) in [5.41, 5.74) is 2.92. The highest BCUT2D eigenvalue weighted by Gasteiger charge is 2.65. The average molecular weight is 492 g/mol. The van der Waals surface area contributed by atoms with Crippen molar-refractivity contribution in [2.75, 3.05) is 79.2 Å². The van der Waals surface area contributed by atoms with E-state index in [1.54, 1.807) is 0 Å². The van der Waals surface area contributed by atoms with Crippen molar-refractivity contribution in [2.24, 2.45) is 16.0 Å². The van der Waals surface area contributed by atoms with Gasteiger partial charge < -0.3 is 34.7 Å². The first-order valence-electron chi connectivity index (χ1n) is 10.9. The van der Waals surface area contributed by atoms with Gasteiger partial charge in [-0.1, -0.05) is 12.1 Å². The number of ether oxygens (including phenoxy) is 5. The quantitative estimate of drug-likeness (QED) is 0.281. The van der Waals surface area contributed by atoms with Crippen molar-refractivity contribution in [2.45, 2.75) is 11.8 Å². The van der Waals surface area contributed by atoms with Crippen molar-refractivity contribution in [3.8, 4) is 0 Å². The Balaban J connectivity index is 1.41. The van der Waals surface area contributed by atoms with Gasteiger partial charge in [0.2, 0.25) is 0 Å². The van der Waals surface area contributed by atoms with Gasteiger partial charge in [0.1, 0.15) is 0 Å². The Bertz CT molecular complexity index is 743. The molecular weight excluding hydrogens is 461 g/mol. The average Bonchev–Trinajstić information content (AvgIpc) is 3.63. The lowest BCUT2D eigenvalue weighted by Crippen LogP contribution is -2.30. The summed E-state index contributed by atoms with van der Waals surface area (Å²) in [5, 5.41) is 8.89. The van der Waals surface area contributed by atoms with E-state index >= 15 is 0 Å². The molecule has 1 aliphatic heterocycles. The number of hydrogen-bond donors (Lipinski definition) is 2. The lowest BCUT2D eigenvalue weighted by atomic mass is 10.0. The molecule has 1 amide bonds. The summed E-state index contributed by atoms with van der Waals surface area (Å²) < 4.78 is 65.5. The van der Waals surface area contributed by atoms with Crippen LogP contribution in [0, 0.1) is 0 Å². The molecule has 0 saturated carbocycles. The maximum atomic E-state index is 13.0. The number of amides is 1. The molecule has 0 aromatic heterocycles. The first-order valence-corrected chi connectivity index (χ1v) is 10.9. The fourth-order valence-corrected chi connectivity index (χ4v) is 2.70. The van der Waals surface area contributed by atoms with E-state index in [1.165, 1.54) is 24.3 Å². The molecule has 1 heterocycles. The second kappa shape index (κ2) is 15.0. The number of hydrogen-bond acceptors (Lipinski definition) is 9. The molecule has 0 atom stereocenters. The number of carbonyl (C=O) groups excluding carboxylic acids is 1. The SMILES string of the molecule is NCCOCCOCCOCCOCCOCCNC(=O)c1ccc(C2(C(F)(F)F)N=N2)cc1. The van der Waals surface area contributed by atoms with Crippen LogP contribution >= 0.6 is 0 Å². The lowest BCUT2D eigenvalue weighted by molar-refractivity contribution is -0.166. The molecule has 13 heteroatoms. The topological polar surface area (TPSA) is 126 Å². The zero-order valence-electron chi connectivity index (χ0n) is 18.8. The monoisotopic (exact) mass is 492 g/mol. The van der Waals surface area contributed by atoms with E-state index < -0.39 is 17.7 Å². The molecular formula is C21H31F3N4O6. The van der Waals surface area contributed by atoms with E-state index in [0.29, 0.717) is 66.0 Å². The van der Waals surface area contributed by atoms with Gasteiger partial charge in [-0.15, -0.1) is 10.2 Å². The summed E-state index contributed by atoms with van der Waals surface area (Å²) in [7, 11) is 0. The Kier molecular flexibility index (Phi) is 12.4. The van der Waals surface area contributed by atoms with E-state index in [4.69, 9.17) is 29.4 Å². The highest BCUT2D eigenvalue weighted by atomic mass is 19.4. The standard InChI is InChI=1S/C21H31F3N4O6/c22-21(23,24)20(27-28-20)18-3-1-17(2-4-18)19(29)26-6-8-31-10-12-33-14-16-34-15-13-32-11-9-30-7-5-25/h1-4H,5-16,25H2,(H,26,29). The number of nitrogens with two attached hydrogens (primary N) is 1. The Hall–Kier alpha value is -2.16. The number of alkyl halides is 3. The molecule has 1 aliphatic rings. The highest BCUT2D eigenvalue weighted by molar-refractivity contribution is 5.94. The van der Waals surface area contributed by atoms with E-state index in [2.05, 4.69) is 15.5 Å². The van der Waals surface area contributed by atoms with Gasteiger partial charge in [0.15, 0.2) is 0 Å². The molecule has 3 N–H and O–H groups in total. The van der Waals surface area contributed by atoms with Crippen molar-refractivity contribution in [1.82, 2.24) is 5.32 Å². The predicted molar refractivity (Wildman–Crippen MR) is 115 cm³/mol. The van der Waals surface area contributed by atoms with Crippen molar-refractivity contribution in [1.29, 1.82) is 0 Å². The largest absolute Gasteiger partial charge is 0.442 e. The van der Waals surface area contributed by atoms with Crippen LogP contribution in [0.5, 0.6) is 0 Å². The molecule has 0 radical (unpaired) electrons. The summed E-state index contributed by atoms with van der Waals surface area (Å²) >= 11 is 0. The fourth-order valence-electron chi connectivity index (χ4n) is 2.70. The number of nitrogens with zero attached hydrogens (tertiary/aromatic N) is 2. The number of nitrogens with one attached hydrogen (secondary N) is 1. The second-order valence-corrected chi connectivity index (χ2v) is 7.05. The summed E-state index contributed by atoms with van der Waals surface area (Å²) in [4.78, 5) is 12.1. The Morgan fingerprint density at radius 3 is 1.65 bits per heavy atom. The molecule has 0 unspecified atom stereocenters. The van der Waals surface area contributed by atoms with Gasteiger partial charge in [-0.25, -0.2) is 0 Å². The van der Waals surface area contributed by atoms with Crippen LogP contribution in [0.15, 0.2) is 34.5 Å². The molecule has 192 valence electrons. The summed E-state index contributed by atoms with van der Waals surface area (Å²) in [6, 6.07) is 5.02. The maximum absolute atomic E-state index is 13.0. The second-order valence-electron chi connectivity index (χ2n) is 7.05. The van der Waals surface area contributed by atoms with Gasteiger partial charge in [-0.2, -0.15) is 13.2 Å². The predicted octanol–water partition coefficient (Wildman–Crippen LogP) is 1.64. The molecule has 1 aromatic carbocycles. The van der Waals surface area contributed by atoms with E-state index in [-0.39, 0.29) is 24.3 Å². The minimum Gasteiger partial charge on any atom is -0.378 e. The van der Waals surface area contributed by atoms with Gasteiger partial charge in [-0.05, 0) is 12.1 Å². The van der Waals surface area contributed by atoms with E-state index in [1.807, 2.05) is 0 Å². The third kappa shape index (κ3) is 9.60. The van der Waals surface area contributed by atoms with Crippen LogP contribution in [-0.2, 0) is 29.3 Å². The van der Waals surface area contributed by atoms with Crippen molar-refractivity contribution in [3.63, 3.8) is 0 Å². The number of rotatable bonds is 19. The van der Waals surface area contributed by atoms with Crippen LogP contribution in [-0.4, -0.2) is 91.2 Å². The minimum atomic E-state index is -4.60. The molecule has 34 heavy (non-hydrogen) atoms. The van der Waals surface area contributed by atoms with Gasteiger partial charge in [-0.3, -0.25) is 4.79 Å². The Labute approximate surface area is 195 Å². The third-order valence-corrected chi connectivity index (χ3v) is 4.53. The molecule has 0 bridgehead atoms. The van der Waals surface area contributed by atoms with Crippen LogP contribution in [0.3, 0.4) is 0 Å². The van der Waals surface area contributed by atoms with Gasteiger partial charge in [0.05, 0.1) is 66.1 Å². The van der Waals surface area contributed by atoms with Crippen LogP contribution in [0.1, 0.15) is 15.9 Å². The van der Waals surface area contributed by atoms with Gasteiger partial charge in [0, 0.05) is 24.2 Å². The first kappa shape index (κ1) is 28.1. The van der Waals surface area contributed by atoms with Gasteiger partial charge >= 0.3 is 11.8 Å². The molecule has 10 nitrogen and oxygen atoms in total. The normalized spacial score (nSPS) is 14.4. The third-order valence-electron chi connectivity index (χ3n) is 4.53. The van der Waals surface area contributed by atoms with Crippen LogP contribution < -0.4 is 11.1 Å². The Morgan fingerprint density at radius 2 is 1.24 bits per heavy atom. The lowest BCUT2D eigenvalue weighted by Gasteiger charge is -2.15. The van der Waals surface area contributed by atoms with Gasteiger partial charge in [0.25, 0.3) is 5.91 Å². The maximum Gasteiger partial charge on any atom is 0.442 e. The minimum absolute atomic E-state index is 0.122. The van der Waals surface area contributed by atoms with Crippen LogP contribution in [0.2, 0.25) is 0 Å². The molecule has 0 fully saturated rings. The molecule has 0 spiro atoms. The number of carbonyl (C=O) groups is 1. The summed E-state index contributed by atoms with van der Waals surface area (Å²) in [6.45, 7) is 5.08. The van der Waals surface area contributed by atoms with Crippen molar-refractivity contribution < 1.29 is 41.7 Å². The first-order chi connectivity index (χ1) is 16.4. The summed E-state index contributed by atoms with van der Waals surface area (Å²) in [6.07, 6.45) is -4.60.